The van der Waals surface area contributed by atoms with Crippen molar-refractivity contribution in [1.29, 1.82) is 0 Å². The summed E-state index contributed by atoms with van der Waals surface area (Å²) in [7, 11) is 1.28. The van der Waals surface area contributed by atoms with Gasteiger partial charge in [0.2, 0.25) is 0 Å². The van der Waals surface area contributed by atoms with Crippen LogP contribution >= 0.6 is 0 Å². The van der Waals surface area contributed by atoms with Gasteiger partial charge >= 0.3 is 5.97 Å². The molecule has 0 fully saturated rings. The molecule has 0 aliphatic heterocycles. The monoisotopic (exact) mass is 322 g/mol. The van der Waals surface area contributed by atoms with Gasteiger partial charge in [0.1, 0.15) is 18.2 Å². The van der Waals surface area contributed by atoms with Gasteiger partial charge in [0.15, 0.2) is 17.7 Å². The third-order valence-electron chi connectivity index (χ3n) is 3.05. The van der Waals surface area contributed by atoms with Crippen LogP contribution in [0, 0.1) is 5.82 Å². The molecule has 23 heavy (non-hydrogen) atoms. The van der Waals surface area contributed by atoms with Crippen molar-refractivity contribution in [2.45, 2.75) is 19.7 Å². The number of esters is 1. The number of methoxy groups -OCH3 is 1. The van der Waals surface area contributed by atoms with Gasteiger partial charge in [-0.2, -0.15) is 0 Å². The number of alkyl halides is 1. The molecule has 0 aliphatic carbocycles. The average molecular weight is 322 g/mol. The Bertz CT molecular complexity index is 671. The maximum absolute atomic E-state index is 13.7. The van der Waals surface area contributed by atoms with E-state index in [9.17, 15) is 13.6 Å². The molecule has 0 aliphatic rings. The molecule has 2 aromatic carbocycles. The number of halogens is 2. The van der Waals surface area contributed by atoms with E-state index in [-0.39, 0.29) is 11.3 Å². The summed E-state index contributed by atoms with van der Waals surface area (Å²) in [6, 6.07) is 10.2. The lowest BCUT2D eigenvalue weighted by atomic mass is 10.2. The van der Waals surface area contributed by atoms with Crippen molar-refractivity contribution in [2.24, 2.45) is 0 Å². The van der Waals surface area contributed by atoms with E-state index in [1.165, 1.54) is 19.2 Å². The highest BCUT2D eigenvalue weighted by Gasteiger charge is 2.14. The number of benzene rings is 2. The van der Waals surface area contributed by atoms with E-state index < -0.39 is 24.6 Å². The van der Waals surface area contributed by atoms with Crippen molar-refractivity contribution in [1.82, 2.24) is 0 Å². The highest BCUT2D eigenvalue weighted by atomic mass is 19.1. The van der Waals surface area contributed by atoms with Crippen molar-refractivity contribution in [3.63, 3.8) is 0 Å². The van der Waals surface area contributed by atoms with Crippen LogP contribution in [0.15, 0.2) is 42.5 Å². The maximum Gasteiger partial charge on any atom is 0.346 e. The van der Waals surface area contributed by atoms with E-state index in [2.05, 4.69) is 4.74 Å². The molecule has 122 valence electrons. The Hall–Kier alpha value is -2.63. The van der Waals surface area contributed by atoms with Crippen LogP contribution in [0.1, 0.15) is 12.5 Å². The molecular formula is C17H16F2O4. The lowest BCUT2D eigenvalue weighted by Crippen LogP contribution is -2.24. The van der Waals surface area contributed by atoms with E-state index in [1.807, 2.05) is 0 Å². The van der Waals surface area contributed by atoms with Crippen LogP contribution in [-0.2, 0) is 16.2 Å². The second-order valence-electron chi connectivity index (χ2n) is 4.76. The molecule has 0 amide bonds. The van der Waals surface area contributed by atoms with E-state index in [1.54, 1.807) is 31.2 Å². The first kappa shape index (κ1) is 16.7. The second kappa shape index (κ2) is 7.58. The number of rotatable bonds is 6. The topological polar surface area (TPSA) is 44.8 Å². The van der Waals surface area contributed by atoms with Gasteiger partial charge in [-0.15, -0.1) is 0 Å². The van der Waals surface area contributed by atoms with Crippen LogP contribution in [0.5, 0.6) is 17.2 Å². The zero-order chi connectivity index (χ0) is 16.8. The molecular weight excluding hydrogens is 306 g/mol. The van der Waals surface area contributed by atoms with Crippen LogP contribution in [-0.4, -0.2) is 19.2 Å². The predicted octanol–water partition coefficient (Wildman–Crippen LogP) is 4.03. The number of ether oxygens (including phenoxy) is 3. The van der Waals surface area contributed by atoms with Gasteiger partial charge in [0.25, 0.3) is 0 Å². The van der Waals surface area contributed by atoms with Crippen molar-refractivity contribution in [2.75, 3.05) is 7.11 Å². The third kappa shape index (κ3) is 4.42. The fourth-order valence-electron chi connectivity index (χ4n) is 1.84. The quantitative estimate of drug-likeness (QED) is 0.753. The predicted molar refractivity (Wildman–Crippen MR) is 79.8 cm³/mol. The largest absolute Gasteiger partial charge is 0.479 e. The minimum atomic E-state index is -0.738. The summed E-state index contributed by atoms with van der Waals surface area (Å²) in [6.45, 7) is 0.833. The van der Waals surface area contributed by atoms with Crippen LogP contribution in [0.3, 0.4) is 0 Å². The number of carbonyl (C=O) groups is 1. The van der Waals surface area contributed by atoms with Crippen molar-refractivity contribution < 1.29 is 27.8 Å². The van der Waals surface area contributed by atoms with Gasteiger partial charge in [-0.3, -0.25) is 0 Å². The molecule has 2 aromatic rings. The van der Waals surface area contributed by atoms with E-state index >= 15 is 0 Å². The molecule has 0 saturated heterocycles. The number of carbonyl (C=O) groups excluding carboxylic acids is 1. The average Bonchev–Trinajstić information content (AvgIpc) is 2.57. The molecule has 0 bridgehead atoms. The molecule has 6 heteroatoms. The zero-order valence-electron chi connectivity index (χ0n) is 12.7. The highest BCUT2D eigenvalue weighted by Crippen LogP contribution is 2.27. The fraction of sp³-hybridized carbons (Fsp3) is 0.235. The summed E-state index contributed by atoms with van der Waals surface area (Å²) in [6.07, 6.45) is -0.738. The lowest BCUT2D eigenvalue weighted by molar-refractivity contribution is -0.147. The molecule has 2 rings (SSSR count). The number of hydrogen-bond donors (Lipinski definition) is 0. The molecule has 0 saturated carbocycles. The summed E-state index contributed by atoms with van der Waals surface area (Å²) in [5.74, 6) is -0.294. The SMILES string of the molecule is COC(=O)C(C)Oc1ccc(Oc2ccc(CF)cc2F)cc1. The van der Waals surface area contributed by atoms with Gasteiger partial charge in [0.05, 0.1) is 7.11 Å². The number of hydrogen-bond acceptors (Lipinski definition) is 4. The van der Waals surface area contributed by atoms with Crippen LogP contribution in [0.2, 0.25) is 0 Å². The van der Waals surface area contributed by atoms with E-state index in [0.29, 0.717) is 11.5 Å². The van der Waals surface area contributed by atoms with Crippen LogP contribution < -0.4 is 9.47 Å². The van der Waals surface area contributed by atoms with Crippen molar-refractivity contribution >= 4 is 5.97 Å². The van der Waals surface area contributed by atoms with Crippen LogP contribution in [0.25, 0.3) is 0 Å². The Morgan fingerprint density at radius 3 is 2.35 bits per heavy atom. The second-order valence-corrected chi connectivity index (χ2v) is 4.76. The van der Waals surface area contributed by atoms with Gasteiger partial charge in [-0.1, -0.05) is 6.07 Å². The minimum absolute atomic E-state index is 0.00111. The van der Waals surface area contributed by atoms with Gasteiger partial charge in [-0.25, -0.2) is 13.6 Å². The Morgan fingerprint density at radius 2 is 1.78 bits per heavy atom. The summed E-state index contributed by atoms with van der Waals surface area (Å²) in [4.78, 5) is 11.3. The Balaban J connectivity index is 2.04. The van der Waals surface area contributed by atoms with Gasteiger partial charge in [-0.05, 0) is 48.9 Å². The minimum Gasteiger partial charge on any atom is -0.479 e. The Kier molecular flexibility index (Phi) is 5.51. The molecule has 1 unspecified atom stereocenters. The summed E-state index contributed by atoms with van der Waals surface area (Å²) < 4.78 is 41.5. The first-order valence-corrected chi connectivity index (χ1v) is 6.90. The lowest BCUT2D eigenvalue weighted by Gasteiger charge is -2.13. The van der Waals surface area contributed by atoms with Crippen LogP contribution in [0.4, 0.5) is 8.78 Å². The molecule has 0 aromatic heterocycles. The first-order chi connectivity index (χ1) is 11.0. The third-order valence-corrected chi connectivity index (χ3v) is 3.05. The summed E-state index contributed by atoms with van der Waals surface area (Å²) >= 11 is 0. The Morgan fingerprint density at radius 1 is 1.13 bits per heavy atom. The van der Waals surface area contributed by atoms with Crippen molar-refractivity contribution in [3.8, 4) is 17.2 Å². The zero-order valence-corrected chi connectivity index (χ0v) is 12.7. The normalized spacial score (nSPS) is 11.7. The maximum atomic E-state index is 13.7. The molecule has 4 nitrogen and oxygen atoms in total. The molecule has 0 radical (unpaired) electrons. The Labute approximate surface area is 132 Å². The summed E-state index contributed by atoms with van der Waals surface area (Å²) in [5, 5.41) is 0. The molecule has 0 N–H and O–H groups in total. The molecule has 1 atom stereocenters. The first-order valence-electron chi connectivity index (χ1n) is 6.90. The summed E-state index contributed by atoms with van der Waals surface area (Å²) in [5.41, 5.74) is 0.246. The van der Waals surface area contributed by atoms with Gasteiger partial charge < -0.3 is 14.2 Å². The van der Waals surface area contributed by atoms with Gasteiger partial charge in [0, 0.05) is 0 Å². The van der Waals surface area contributed by atoms with E-state index in [4.69, 9.17) is 9.47 Å². The van der Waals surface area contributed by atoms with E-state index in [0.717, 1.165) is 6.07 Å². The molecule has 0 heterocycles. The smallest absolute Gasteiger partial charge is 0.346 e. The van der Waals surface area contributed by atoms with Crippen molar-refractivity contribution in [3.05, 3.63) is 53.8 Å². The fourth-order valence-corrected chi connectivity index (χ4v) is 1.84. The highest BCUT2D eigenvalue weighted by molar-refractivity contribution is 5.74. The molecule has 0 spiro atoms. The standard InChI is InChI=1S/C17H16F2O4/c1-11(17(20)21-2)22-13-4-6-14(7-5-13)23-16-8-3-12(10-18)9-15(16)19/h3-9,11H,10H2,1-2H3.